The van der Waals surface area contributed by atoms with E-state index in [1.807, 2.05) is 36.4 Å². The number of aryl methyl sites for hydroxylation is 1. The van der Waals surface area contributed by atoms with Crippen molar-refractivity contribution in [3.63, 3.8) is 0 Å². The second-order valence-corrected chi connectivity index (χ2v) is 6.19. The fourth-order valence-electron chi connectivity index (χ4n) is 3.62. The van der Waals surface area contributed by atoms with E-state index in [4.69, 9.17) is 0 Å². The van der Waals surface area contributed by atoms with Gasteiger partial charge in [-0.3, -0.25) is 9.59 Å². The van der Waals surface area contributed by atoms with E-state index in [0.29, 0.717) is 0 Å². The molecular formula is C19H18N2O2. The molecule has 4 nitrogen and oxygen atoms in total. The van der Waals surface area contributed by atoms with Gasteiger partial charge in [0.05, 0.1) is 12.0 Å². The molecule has 1 aliphatic carbocycles. The molecule has 0 unspecified atom stereocenters. The molecule has 2 aromatic rings. The summed E-state index contributed by atoms with van der Waals surface area (Å²) in [7, 11) is 0. The first kappa shape index (κ1) is 14.0. The van der Waals surface area contributed by atoms with E-state index in [1.54, 1.807) is 0 Å². The van der Waals surface area contributed by atoms with Crippen LogP contribution in [0.2, 0.25) is 0 Å². The molecule has 2 aliphatic rings. The first-order valence-electron chi connectivity index (χ1n) is 7.99. The number of carbonyl (C=O) groups is 2. The largest absolute Gasteiger partial charge is 0.349 e. The van der Waals surface area contributed by atoms with Gasteiger partial charge in [-0.1, -0.05) is 42.5 Å². The summed E-state index contributed by atoms with van der Waals surface area (Å²) >= 11 is 0. The fraction of sp³-hybridized carbons (Fsp3) is 0.263. The number of fused-ring (bicyclic) bond motifs is 2. The lowest BCUT2D eigenvalue weighted by Gasteiger charge is -2.16. The number of carbonyl (C=O) groups excluding carboxylic acids is 2. The number of hydrogen-bond donors (Lipinski definition) is 2. The maximum Gasteiger partial charge on any atom is 0.232 e. The van der Waals surface area contributed by atoms with Gasteiger partial charge in [0, 0.05) is 12.1 Å². The molecule has 1 aliphatic heterocycles. The fourth-order valence-corrected chi connectivity index (χ4v) is 3.62. The molecule has 23 heavy (non-hydrogen) atoms. The molecule has 2 amide bonds. The minimum absolute atomic E-state index is 0.0662. The van der Waals surface area contributed by atoms with Crippen molar-refractivity contribution in [1.82, 2.24) is 5.32 Å². The molecule has 2 aromatic carbocycles. The SMILES string of the molecule is O=C(C[C@@H]1C(=O)Nc2ccccc21)N[C@@H]1CCc2ccccc21. The molecule has 0 aromatic heterocycles. The zero-order chi connectivity index (χ0) is 15.8. The van der Waals surface area contributed by atoms with Gasteiger partial charge in [-0.2, -0.15) is 0 Å². The van der Waals surface area contributed by atoms with Crippen molar-refractivity contribution in [2.24, 2.45) is 0 Å². The van der Waals surface area contributed by atoms with Crippen LogP contribution in [0.1, 0.15) is 41.5 Å². The number of rotatable bonds is 3. The monoisotopic (exact) mass is 306 g/mol. The van der Waals surface area contributed by atoms with Crippen molar-refractivity contribution in [2.75, 3.05) is 5.32 Å². The quantitative estimate of drug-likeness (QED) is 0.916. The van der Waals surface area contributed by atoms with Gasteiger partial charge in [-0.05, 0) is 35.6 Å². The zero-order valence-electron chi connectivity index (χ0n) is 12.7. The molecular weight excluding hydrogens is 288 g/mol. The smallest absolute Gasteiger partial charge is 0.232 e. The third kappa shape index (κ3) is 2.50. The van der Waals surface area contributed by atoms with Crippen LogP contribution >= 0.6 is 0 Å². The predicted octanol–water partition coefficient (Wildman–Crippen LogP) is 2.92. The molecule has 0 spiro atoms. The summed E-state index contributed by atoms with van der Waals surface area (Å²) in [5, 5.41) is 5.94. The topological polar surface area (TPSA) is 58.2 Å². The molecule has 0 radical (unpaired) electrons. The Labute approximate surface area is 134 Å². The summed E-state index contributed by atoms with van der Waals surface area (Å²) < 4.78 is 0. The number of amides is 2. The van der Waals surface area contributed by atoms with E-state index in [9.17, 15) is 9.59 Å². The van der Waals surface area contributed by atoms with E-state index < -0.39 is 0 Å². The normalized spacial score (nSPS) is 21.5. The lowest BCUT2D eigenvalue weighted by molar-refractivity contribution is -0.125. The highest BCUT2D eigenvalue weighted by molar-refractivity contribution is 6.04. The average Bonchev–Trinajstić information content (AvgIpc) is 3.10. The highest BCUT2D eigenvalue weighted by atomic mass is 16.2. The zero-order valence-corrected chi connectivity index (χ0v) is 12.7. The summed E-state index contributed by atoms with van der Waals surface area (Å²) in [6, 6.07) is 15.9. The van der Waals surface area contributed by atoms with Crippen LogP contribution in [0.25, 0.3) is 0 Å². The molecule has 1 heterocycles. The maximum absolute atomic E-state index is 12.4. The number of anilines is 1. The summed E-state index contributed by atoms with van der Waals surface area (Å²) in [5.41, 5.74) is 4.25. The van der Waals surface area contributed by atoms with Crippen LogP contribution in [0, 0.1) is 0 Å². The summed E-state index contributed by atoms with van der Waals surface area (Å²) in [4.78, 5) is 24.5. The van der Waals surface area contributed by atoms with Crippen LogP contribution in [-0.2, 0) is 16.0 Å². The molecule has 2 atom stereocenters. The summed E-state index contributed by atoms with van der Waals surface area (Å²) in [5.74, 6) is -0.542. The van der Waals surface area contributed by atoms with E-state index in [1.165, 1.54) is 11.1 Å². The lowest BCUT2D eigenvalue weighted by atomic mass is 9.96. The average molecular weight is 306 g/mol. The molecule has 0 fully saturated rings. The number of hydrogen-bond acceptors (Lipinski definition) is 2. The molecule has 116 valence electrons. The summed E-state index contributed by atoms with van der Waals surface area (Å²) in [6.07, 6.45) is 2.12. The van der Waals surface area contributed by atoms with Gasteiger partial charge in [0.2, 0.25) is 11.8 Å². The van der Waals surface area contributed by atoms with Crippen molar-refractivity contribution < 1.29 is 9.59 Å². The van der Waals surface area contributed by atoms with E-state index in [2.05, 4.69) is 22.8 Å². The van der Waals surface area contributed by atoms with Crippen molar-refractivity contribution in [2.45, 2.75) is 31.2 Å². The third-order valence-electron chi connectivity index (χ3n) is 4.77. The Kier molecular flexibility index (Phi) is 3.37. The van der Waals surface area contributed by atoms with Gasteiger partial charge in [-0.15, -0.1) is 0 Å². The molecule has 0 saturated carbocycles. The second kappa shape index (κ2) is 5.54. The molecule has 4 rings (SSSR count). The highest BCUT2D eigenvalue weighted by Gasteiger charge is 2.33. The van der Waals surface area contributed by atoms with Gasteiger partial charge >= 0.3 is 0 Å². The number of benzene rings is 2. The van der Waals surface area contributed by atoms with Crippen LogP contribution in [-0.4, -0.2) is 11.8 Å². The predicted molar refractivity (Wildman–Crippen MR) is 88.1 cm³/mol. The van der Waals surface area contributed by atoms with Crippen LogP contribution in [0.4, 0.5) is 5.69 Å². The van der Waals surface area contributed by atoms with Gasteiger partial charge < -0.3 is 10.6 Å². The molecule has 0 saturated heterocycles. The van der Waals surface area contributed by atoms with Crippen molar-refractivity contribution >= 4 is 17.5 Å². The second-order valence-electron chi connectivity index (χ2n) is 6.19. The van der Waals surface area contributed by atoms with Crippen LogP contribution in [0.3, 0.4) is 0 Å². The molecule has 0 bridgehead atoms. The highest BCUT2D eigenvalue weighted by Crippen LogP contribution is 2.35. The Balaban J connectivity index is 1.46. The maximum atomic E-state index is 12.4. The van der Waals surface area contributed by atoms with Crippen molar-refractivity contribution in [3.05, 3.63) is 65.2 Å². The van der Waals surface area contributed by atoms with E-state index in [-0.39, 0.29) is 30.2 Å². The first-order chi connectivity index (χ1) is 11.2. The van der Waals surface area contributed by atoms with Crippen molar-refractivity contribution in [3.8, 4) is 0 Å². The van der Waals surface area contributed by atoms with E-state index >= 15 is 0 Å². The van der Waals surface area contributed by atoms with Gasteiger partial charge in [0.1, 0.15) is 0 Å². The Morgan fingerprint density at radius 1 is 1.09 bits per heavy atom. The number of nitrogens with one attached hydrogen (secondary N) is 2. The molecule has 2 N–H and O–H groups in total. The van der Waals surface area contributed by atoms with Crippen LogP contribution in [0.15, 0.2) is 48.5 Å². The van der Waals surface area contributed by atoms with Gasteiger partial charge in [0.15, 0.2) is 0 Å². The van der Waals surface area contributed by atoms with Gasteiger partial charge in [-0.25, -0.2) is 0 Å². The first-order valence-corrected chi connectivity index (χ1v) is 7.99. The Hall–Kier alpha value is -2.62. The van der Waals surface area contributed by atoms with Crippen molar-refractivity contribution in [1.29, 1.82) is 0 Å². The number of para-hydroxylation sites is 1. The summed E-state index contributed by atoms with van der Waals surface area (Å²) in [6.45, 7) is 0. The standard InChI is InChI=1S/C19H18N2O2/c22-18(20-17-10-9-12-5-1-2-6-13(12)17)11-15-14-7-3-4-8-16(14)21-19(15)23/h1-8,15,17H,9-11H2,(H,20,22)(H,21,23)/t15-,17+/m0/s1. The van der Waals surface area contributed by atoms with Crippen LogP contribution < -0.4 is 10.6 Å². The minimum atomic E-state index is -0.386. The van der Waals surface area contributed by atoms with Gasteiger partial charge in [0.25, 0.3) is 0 Å². The minimum Gasteiger partial charge on any atom is -0.349 e. The Bertz CT molecular complexity index is 784. The Morgan fingerprint density at radius 2 is 1.83 bits per heavy atom. The lowest BCUT2D eigenvalue weighted by Crippen LogP contribution is -2.29. The van der Waals surface area contributed by atoms with E-state index in [0.717, 1.165) is 24.1 Å². The van der Waals surface area contributed by atoms with Crippen LogP contribution in [0.5, 0.6) is 0 Å². The third-order valence-corrected chi connectivity index (χ3v) is 4.77. The Morgan fingerprint density at radius 3 is 2.70 bits per heavy atom. The molecule has 4 heteroatoms.